The first kappa shape index (κ1) is 16.5. The van der Waals surface area contributed by atoms with Crippen LogP contribution in [0.3, 0.4) is 0 Å². The summed E-state index contributed by atoms with van der Waals surface area (Å²) in [4.78, 5) is 18.1. The molecule has 1 aliphatic heterocycles. The van der Waals surface area contributed by atoms with Crippen LogP contribution >= 0.6 is 0 Å². The van der Waals surface area contributed by atoms with Gasteiger partial charge in [-0.05, 0) is 12.1 Å². The molecule has 0 bridgehead atoms. The van der Waals surface area contributed by atoms with Crippen LogP contribution in [0.25, 0.3) is 0 Å². The highest BCUT2D eigenvalue weighted by molar-refractivity contribution is 5.77. The number of aromatic nitrogens is 4. The molecule has 128 valence electrons. The van der Waals surface area contributed by atoms with Crippen LogP contribution in [0.5, 0.6) is 0 Å². The molecule has 24 heavy (non-hydrogen) atoms. The highest BCUT2D eigenvalue weighted by atomic mass is 16.5. The lowest BCUT2D eigenvalue weighted by Crippen LogP contribution is -2.41. The molecule has 0 N–H and O–H groups in total. The minimum absolute atomic E-state index is 0.0262. The molecule has 0 aromatic carbocycles. The van der Waals surface area contributed by atoms with Crippen molar-refractivity contribution in [3.63, 3.8) is 0 Å². The van der Waals surface area contributed by atoms with Gasteiger partial charge in [-0.3, -0.25) is 14.5 Å². The Hall–Kier alpha value is -2.32. The number of carbonyl (C=O) groups excluding carboxylic acids is 1. The molecule has 0 saturated heterocycles. The highest BCUT2D eigenvalue weighted by Crippen LogP contribution is 2.27. The van der Waals surface area contributed by atoms with Crippen molar-refractivity contribution in [1.29, 1.82) is 0 Å². The Labute approximate surface area is 140 Å². The third kappa shape index (κ3) is 3.60. The summed E-state index contributed by atoms with van der Waals surface area (Å²) >= 11 is 0. The number of carbonyl (C=O) groups is 1. The smallest absolute Gasteiger partial charge is 0.248 e. The largest absolute Gasteiger partial charge is 0.375 e. The lowest BCUT2D eigenvalue weighted by molar-refractivity contribution is -0.136. The van der Waals surface area contributed by atoms with E-state index in [9.17, 15) is 4.79 Å². The maximum absolute atomic E-state index is 12.2. The van der Waals surface area contributed by atoms with Crippen molar-refractivity contribution >= 4 is 5.91 Å². The molecule has 0 radical (unpaired) electrons. The van der Waals surface area contributed by atoms with Crippen LogP contribution in [-0.2, 0) is 34.5 Å². The van der Waals surface area contributed by atoms with Crippen LogP contribution < -0.4 is 0 Å². The zero-order valence-corrected chi connectivity index (χ0v) is 13.9. The van der Waals surface area contributed by atoms with E-state index < -0.39 is 0 Å². The average molecular weight is 331 g/mol. The molecule has 2 aromatic heterocycles. The third-order valence-corrected chi connectivity index (χ3v) is 4.03. The molecule has 1 amide bonds. The number of rotatable bonds is 6. The van der Waals surface area contributed by atoms with Gasteiger partial charge in [0.1, 0.15) is 12.3 Å². The van der Waals surface area contributed by atoms with E-state index in [0.717, 1.165) is 17.1 Å². The first-order chi connectivity index (χ1) is 11.7. The number of amides is 1. The van der Waals surface area contributed by atoms with Crippen LogP contribution in [0.1, 0.15) is 23.0 Å². The number of aryl methyl sites for hydroxylation is 1. The summed E-state index contributed by atoms with van der Waals surface area (Å²) in [6.07, 6.45) is 1.74. The number of fused-ring (bicyclic) bond motifs is 1. The summed E-state index contributed by atoms with van der Waals surface area (Å²) in [7, 11) is 3.38. The first-order valence-corrected chi connectivity index (χ1v) is 7.82. The second-order valence-electron chi connectivity index (χ2n) is 5.79. The molecule has 8 heteroatoms. The van der Waals surface area contributed by atoms with Gasteiger partial charge in [0.15, 0.2) is 0 Å². The predicted molar refractivity (Wildman–Crippen MR) is 84.9 cm³/mol. The molecule has 1 atom stereocenters. The van der Waals surface area contributed by atoms with Gasteiger partial charge < -0.3 is 14.4 Å². The lowest BCUT2D eigenvalue weighted by atomic mass is 9.99. The summed E-state index contributed by atoms with van der Waals surface area (Å²) < 4.78 is 12.5. The summed E-state index contributed by atoms with van der Waals surface area (Å²) in [5, 5.41) is 8.26. The molecule has 8 nitrogen and oxygen atoms in total. The van der Waals surface area contributed by atoms with Crippen LogP contribution in [0.2, 0.25) is 0 Å². The third-order valence-electron chi connectivity index (χ3n) is 4.03. The van der Waals surface area contributed by atoms with E-state index in [1.54, 1.807) is 15.8 Å². The summed E-state index contributed by atoms with van der Waals surface area (Å²) in [6, 6.07) is 5.73. The van der Waals surface area contributed by atoms with Crippen LogP contribution in [0.4, 0.5) is 0 Å². The molecule has 3 rings (SSSR count). The molecule has 0 saturated carbocycles. The minimum Gasteiger partial charge on any atom is -0.375 e. The number of hydrogen-bond donors (Lipinski definition) is 0. The van der Waals surface area contributed by atoms with E-state index in [-0.39, 0.29) is 18.4 Å². The van der Waals surface area contributed by atoms with E-state index in [0.29, 0.717) is 26.3 Å². The van der Waals surface area contributed by atoms with Crippen LogP contribution in [-0.4, -0.2) is 57.7 Å². The molecule has 0 spiro atoms. The van der Waals surface area contributed by atoms with Crippen molar-refractivity contribution in [2.75, 3.05) is 26.9 Å². The molecule has 2 aromatic rings. The number of nitrogens with zero attached hydrogens (tertiary/aromatic N) is 5. The van der Waals surface area contributed by atoms with Gasteiger partial charge in [-0.25, -0.2) is 0 Å². The molecular weight excluding hydrogens is 310 g/mol. The quantitative estimate of drug-likeness (QED) is 0.766. The first-order valence-electron chi connectivity index (χ1n) is 7.82. The second kappa shape index (κ2) is 7.50. The Balaban J connectivity index is 1.68. The highest BCUT2D eigenvalue weighted by Gasteiger charge is 2.32. The number of ether oxygens (including phenoxy) is 2. The average Bonchev–Trinajstić information content (AvgIpc) is 2.97. The number of pyridine rings is 1. The van der Waals surface area contributed by atoms with E-state index in [1.165, 1.54) is 7.11 Å². The van der Waals surface area contributed by atoms with Gasteiger partial charge in [-0.15, -0.1) is 5.10 Å². The summed E-state index contributed by atoms with van der Waals surface area (Å²) in [5.74, 6) is -0.0261. The van der Waals surface area contributed by atoms with E-state index >= 15 is 0 Å². The topological polar surface area (TPSA) is 82.4 Å². The predicted octanol–water partition coefficient (Wildman–Crippen LogP) is 0.499. The van der Waals surface area contributed by atoms with Crippen molar-refractivity contribution in [2.24, 2.45) is 7.05 Å². The zero-order chi connectivity index (χ0) is 16.9. The van der Waals surface area contributed by atoms with Crippen molar-refractivity contribution in [3.8, 4) is 0 Å². The van der Waals surface area contributed by atoms with Gasteiger partial charge in [-0.2, -0.15) is 0 Å². The molecule has 1 unspecified atom stereocenters. The van der Waals surface area contributed by atoms with Gasteiger partial charge in [-0.1, -0.05) is 11.3 Å². The molecular formula is C16H21N5O3. The van der Waals surface area contributed by atoms with Crippen molar-refractivity contribution < 1.29 is 14.3 Å². The van der Waals surface area contributed by atoms with E-state index in [4.69, 9.17) is 9.47 Å². The Bertz CT molecular complexity index is 688. The number of methoxy groups -OCH3 is 1. The Morgan fingerprint density at radius 3 is 3.04 bits per heavy atom. The number of hydrogen-bond acceptors (Lipinski definition) is 6. The minimum atomic E-state index is -0.0523. The van der Waals surface area contributed by atoms with Gasteiger partial charge in [0.2, 0.25) is 5.91 Å². The fourth-order valence-corrected chi connectivity index (χ4v) is 2.94. The molecule has 0 fully saturated rings. The summed E-state index contributed by atoms with van der Waals surface area (Å²) in [5.41, 5.74) is 2.72. The van der Waals surface area contributed by atoms with Gasteiger partial charge >= 0.3 is 0 Å². The monoisotopic (exact) mass is 331 g/mol. The lowest BCUT2D eigenvalue weighted by Gasteiger charge is -2.32. The maximum atomic E-state index is 12.2. The second-order valence-corrected chi connectivity index (χ2v) is 5.79. The standard InChI is InChI=1S/C16H21N5O3/c1-20-16-12(9-24-10-13-5-3-4-6-17-13)7-21(15(22)11-23-2)8-14(16)18-19-20/h3-6,12H,7-11H2,1-2H3. The van der Waals surface area contributed by atoms with Crippen LogP contribution in [0, 0.1) is 0 Å². The Morgan fingerprint density at radius 2 is 2.29 bits per heavy atom. The molecule has 3 heterocycles. The SMILES string of the molecule is COCC(=O)N1Cc2nnn(C)c2C(COCc2ccccn2)C1. The van der Waals surface area contributed by atoms with Crippen molar-refractivity contribution in [1.82, 2.24) is 24.9 Å². The van der Waals surface area contributed by atoms with E-state index in [2.05, 4.69) is 15.3 Å². The van der Waals surface area contributed by atoms with E-state index in [1.807, 2.05) is 25.2 Å². The fraction of sp³-hybridized carbons (Fsp3) is 0.500. The zero-order valence-electron chi connectivity index (χ0n) is 13.9. The normalized spacial score (nSPS) is 16.9. The van der Waals surface area contributed by atoms with Crippen molar-refractivity contribution in [2.45, 2.75) is 19.1 Å². The van der Waals surface area contributed by atoms with Gasteiger partial charge in [0.05, 0.1) is 31.1 Å². The molecule has 1 aliphatic rings. The molecule has 0 aliphatic carbocycles. The Kier molecular flexibility index (Phi) is 5.17. The van der Waals surface area contributed by atoms with Crippen LogP contribution in [0.15, 0.2) is 24.4 Å². The maximum Gasteiger partial charge on any atom is 0.248 e. The van der Waals surface area contributed by atoms with Gasteiger partial charge in [0, 0.05) is 32.8 Å². The van der Waals surface area contributed by atoms with Crippen molar-refractivity contribution in [3.05, 3.63) is 41.5 Å². The summed E-state index contributed by atoms with van der Waals surface area (Å²) in [6.45, 7) is 2.00. The fourth-order valence-electron chi connectivity index (χ4n) is 2.94. The van der Waals surface area contributed by atoms with Gasteiger partial charge in [0.25, 0.3) is 0 Å². The Morgan fingerprint density at radius 1 is 1.42 bits per heavy atom.